The third kappa shape index (κ3) is 3.66. The van der Waals surface area contributed by atoms with Crippen LogP contribution in [-0.4, -0.2) is 16.8 Å². The van der Waals surface area contributed by atoms with Crippen molar-refractivity contribution in [2.45, 2.75) is 13.3 Å². The number of rotatable bonds is 5. The fourth-order valence-corrected chi connectivity index (χ4v) is 3.17. The van der Waals surface area contributed by atoms with Crippen LogP contribution in [0.15, 0.2) is 71.3 Å². The fourth-order valence-electron chi connectivity index (χ4n) is 3.17. The van der Waals surface area contributed by atoms with Crippen LogP contribution in [0.1, 0.15) is 21.8 Å². The second-order valence-corrected chi connectivity index (χ2v) is 6.51. The van der Waals surface area contributed by atoms with Crippen LogP contribution >= 0.6 is 0 Å². The van der Waals surface area contributed by atoms with Crippen molar-refractivity contribution in [1.82, 2.24) is 4.98 Å². The Labute approximate surface area is 161 Å². The lowest BCUT2D eigenvalue weighted by molar-refractivity contribution is -0.115. The van der Waals surface area contributed by atoms with E-state index in [1.807, 2.05) is 31.2 Å². The quantitative estimate of drug-likeness (QED) is 0.481. The van der Waals surface area contributed by atoms with Gasteiger partial charge in [-0.2, -0.15) is 0 Å². The summed E-state index contributed by atoms with van der Waals surface area (Å²) in [6.45, 7) is 1.97. The van der Waals surface area contributed by atoms with Crippen molar-refractivity contribution in [3.8, 4) is 0 Å². The highest BCUT2D eigenvalue weighted by atomic mass is 16.3. The first kappa shape index (κ1) is 17.6. The summed E-state index contributed by atoms with van der Waals surface area (Å²) in [6, 6.07) is 18.1. The fraction of sp³-hybridized carbons (Fsp3) is 0.0909. The maximum Gasteiger partial charge on any atom is 0.291 e. The largest absolute Gasteiger partial charge is 0.459 e. The molecule has 2 heterocycles. The Morgan fingerprint density at radius 1 is 0.929 bits per heavy atom. The number of carbonyl (C=O) groups is 2. The minimum Gasteiger partial charge on any atom is -0.459 e. The summed E-state index contributed by atoms with van der Waals surface area (Å²) < 4.78 is 5.06. The third-order valence-corrected chi connectivity index (χ3v) is 4.54. The monoisotopic (exact) mass is 373 g/mol. The van der Waals surface area contributed by atoms with Gasteiger partial charge in [0.25, 0.3) is 5.91 Å². The second kappa shape index (κ2) is 7.44. The van der Waals surface area contributed by atoms with Crippen molar-refractivity contribution < 1.29 is 14.0 Å². The zero-order valence-corrected chi connectivity index (χ0v) is 15.3. The van der Waals surface area contributed by atoms with Crippen LogP contribution in [0.5, 0.6) is 0 Å². The molecule has 3 N–H and O–H groups in total. The molecule has 0 spiro atoms. The Balaban J connectivity index is 1.40. The molecule has 0 aliphatic carbocycles. The molecule has 0 radical (unpaired) electrons. The Morgan fingerprint density at radius 3 is 2.36 bits per heavy atom. The van der Waals surface area contributed by atoms with Crippen LogP contribution in [0.2, 0.25) is 0 Å². The van der Waals surface area contributed by atoms with E-state index in [0.29, 0.717) is 11.4 Å². The number of amides is 2. The summed E-state index contributed by atoms with van der Waals surface area (Å²) >= 11 is 0. The molecule has 140 valence electrons. The lowest BCUT2D eigenvalue weighted by Gasteiger charge is -2.08. The molecule has 6 nitrogen and oxygen atoms in total. The summed E-state index contributed by atoms with van der Waals surface area (Å²) in [7, 11) is 0. The number of hydrogen-bond donors (Lipinski definition) is 3. The van der Waals surface area contributed by atoms with Crippen molar-refractivity contribution >= 4 is 34.1 Å². The average molecular weight is 373 g/mol. The molecule has 0 bridgehead atoms. The van der Waals surface area contributed by atoms with Gasteiger partial charge in [0.2, 0.25) is 5.91 Å². The number of anilines is 2. The predicted molar refractivity (Wildman–Crippen MR) is 108 cm³/mol. The van der Waals surface area contributed by atoms with Gasteiger partial charge in [0, 0.05) is 28.0 Å². The second-order valence-electron chi connectivity index (χ2n) is 6.51. The van der Waals surface area contributed by atoms with E-state index in [9.17, 15) is 9.59 Å². The van der Waals surface area contributed by atoms with Gasteiger partial charge in [0.1, 0.15) is 0 Å². The van der Waals surface area contributed by atoms with Crippen molar-refractivity contribution in [2.24, 2.45) is 0 Å². The Kier molecular flexibility index (Phi) is 4.68. The molecule has 4 rings (SSSR count). The van der Waals surface area contributed by atoms with E-state index in [0.717, 1.165) is 22.2 Å². The van der Waals surface area contributed by atoms with Crippen LogP contribution in [0.25, 0.3) is 10.9 Å². The van der Waals surface area contributed by atoms with Crippen LogP contribution < -0.4 is 10.6 Å². The average Bonchev–Trinajstić information content (AvgIpc) is 3.32. The minimum absolute atomic E-state index is 0.0970. The van der Waals surface area contributed by atoms with Gasteiger partial charge in [-0.25, -0.2) is 0 Å². The van der Waals surface area contributed by atoms with E-state index >= 15 is 0 Å². The molecule has 0 fully saturated rings. The van der Waals surface area contributed by atoms with E-state index < -0.39 is 0 Å². The Hall–Kier alpha value is -3.80. The molecule has 0 saturated carbocycles. The SMILES string of the molecule is Cc1[nH]c2ccccc2c1CC(=O)Nc1ccc(NC(=O)c2ccco2)cc1. The predicted octanol–water partition coefficient (Wildman–Crippen LogP) is 4.50. The van der Waals surface area contributed by atoms with Crippen molar-refractivity contribution in [2.75, 3.05) is 10.6 Å². The van der Waals surface area contributed by atoms with Crippen molar-refractivity contribution in [3.05, 3.63) is 83.9 Å². The lowest BCUT2D eigenvalue weighted by Crippen LogP contribution is -2.15. The number of para-hydroxylation sites is 1. The molecule has 6 heteroatoms. The van der Waals surface area contributed by atoms with Gasteiger partial charge < -0.3 is 20.0 Å². The Bertz CT molecular complexity index is 1130. The molecule has 4 aromatic rings. The highest BCUT2D eigenvalue weighted by Gasteiger charge is 2.13. The highest BCUT2D eigenvalue weighted by molar-refractivity contribution is 6.02. The number of aryl methyl sites for hydroxylation is 1. The standard InChI is InChI=1S/C22H19N3O3/c1-14-18(17-5-2-3-6-19(17)23-14)13-21(26)24-15-8-10-16(11-9-15)25-22(27)20-7-4-12-28-20/h2-12,23H,13H2,1H3,(H,24,26)(H,25,27). The van der Waals surface area contributed by atoms with Crippen LogP contribution in [-0.2, 0) is 11.2 Å². The van der Waals surface area contributed by atoms with Gasteiger partial charge in [-0.1, -0.05) is 18.2 Å². The number of carbonyl (C=O) groups excluding carboxylic acids is 2. The topological polar surface area (TPSA) is 87.1 Å². The van der Waals surface area contributed by atoms with E-state index in [4.69, 9.17) is 4.42 Å². The molecule has 2 aromatic carbocycles. The first-order chi connectivity index (χ1) is 13.6. The van der Waals surface area contributed by atoms with Gasteiger partial charge in [-0.05, 0) is 55.0 Å². The summed E-state index contributed by atoms with van der Waals surface area (Å²) in [6.07, 6.45) is 1.73. The normalized spacial score (nSPS) is 10.8. The van der Waals surface area contributed by atoms with Gasteiger partial charge in [0.15, 0.2) is 5.76 Å². The molecule has 28 heavy (non-hydrogen) atoms. The molecule has 0 aliphatic rings. The van der Waals surface area contributed by atoms with Crippen LogP contribution in [0.3, 0.4) is 0 Å². The van der Waals surface area contributed by atoms with Gasteiger partial charge >= 0.3 is 0 Å². The number of hydrogen-bond acceptors (Lipinski definition) is 3. The number of H-pyrrole nitrogens is 1. The summed E-state index contributed by atoms with van der Waals surface area (Å²) in [5.41, 5.74) is 4.30. The molecular weight excluding hydrogens is 354 g/mol. The van der Waals surface area contributed by atoms with E-state index in [2.05, 4.69) is 15.6 Å². The maximum absolute atomic E-state index is 12.5. The summed E-state index contributed by atoms with van der Waals surface area (Å²) in [5.74, 6) is -0.178. The first-order valence-corrected chi connectivity index (χ1v) is 8.91. The van der Waals surface area contributed by atoms with Gasteiger partial charge in [-0.15, -0.1) is 0 Å². The maximum atomic E-state index is 12.5. The molecule has 2 aromatic heterocycles. The molecule has 0 aliphatic heterocycles. The van der Waals surface area contributed by atoms with Crippen LogP contribution in [0, 0.1) is 6.92 Å². The number of furan rings is 1. The zero-order valence-electron chi connectivity index (χ0n) is 15.3. The summed E-state index contributed by atoms with van der Waals surface area (Å²) in [5, 5.41) is 6.70. The third-order valence-electron chi connectivity index (χ3n) is 4.54. The molecule has 2 amide bonds. The first-order valence-electron chi connectivity index (χ1n) is 8.91. The lowest BCUT2D eigenvalue weighted by atomic mass is 10.1. The van der Waals surface area contributed by atoms with Crippen molar-refractivity contribution in [3.63, 3.8) is 0 Å². The Morgan fingerprint density at radius 2 is 1.64 bits per heavy atom. The number of aromatic amines is 1. The molecule has 0 unspecified atom stereocenters. The van der Waals surface area contributed by atoms with E-state index in [-0.39, 0.29) is 24.0 Å². The molecule has 0 saturated heterocycles. The minimum atomic E-state index is -0.323. The van der Waals surface area contributed by atoms with Gasteiger partial charge in [-0.3, -0.25) is 9.59 Å². The molecule has 0 atom stereocenters. The van der Waals surface area contributed by atoms with Gasteiger partial charge in [0.05, 0.1) is 12.7 Å². The number of fused-ring (bicyclic) bond motifs is 1. The highest BCUT2D eigenvalue weighted by Crippen LogP contribution is 2.23. The summed E-state index contributed by atoms with van der Waals surface area (Å²) in [4.78, 5) is 27.8. The molecular formula is C22H19N3O3. The van der Waals surface area contributed by atoms with Crippen LogP contribution in [0.4, 0.5) is 11.4 Å². The van der Waals surface area contributed by atoms with E-state index in [1.165, 1.54) is 6.26 Å². The number of aromatic nitrogens is 1. The number of benzene rings is 2. The number of nitrogens with one attached hydrogen (secondary N) is 3. The van der Waals surface area contributed by atoms with E-state index in [1.54, 1.807) is 36.4 Å². The smallest absolute Gasteiger partial charge is 0.291 e. The zero-order chi connectivity index (χ0) is 19.5. The van der Waals surface area contributed by atoms with Crippen molar-refractivity contribution in [1.29, 1.82) is 0 Å².